The molecule has 0 saturated heterocycles. The summed E-state index contributed by atoms with van der Waals surface area (Å²) in [4.78, 5) is 16.6. The first-order valence-corrected chi connectivity index (χ1v) is 5.62. The third-order valence-corrected chi connectivity index (χ3v) is 2.33. The van der Waals surface area contributed by atoms with Crippen LogP contribution in [-0.2, 0) is 9.63 Å². The van der Waals surface area contributed by atoms with E-state index in [9.17, 15) is 4.79 Å². The molecule has 5 nitrogen and oxygen atoms in total. The number of ketones is 1. The fraction of sp³-hybridized carbons (Fsp3) is 0.462. The van der Waals surface area contributed by atoms with Gasteiger partial charge in [-0.2, -0.15) is 5.48 Å². The number of hydrogen-bond acceptors (Lipinski definition) is 5. The van der Waals surface area contributed by atoms with E-state index >= 15 is 0 Å². The highest BCUT2D eigenvalue weighted by Crippen LogP contribution is 2.20. The molecule has 0 aliphatic rings. The Morgan fingerprint density at radius 1 is 1.39 bits per heavy atom. The zero-order valence-electron chi connectivity index (χ0n) is 11.3. The highest BCUT2D eigenvalue weighted by atomic mass is 16.6. The zero-order valence-corrected chi connectivity index (χ0v) is 11.3. The standard InChI is InChI=1S/C12H17NO3.CH4O/c1-4-11(14)12(13-16-3)9-6-5-7-10(8-9)15-2;1-2/h5-8,12-13H,4H2,1-3H3;2H,1H3. The van der Waals surface area contributed by atoms with Crippen LogP contribution in [0.2, 0.25) is 0 Å². The van der Waals surface area contributed by atoms with Crippen LogP contribution in [0.5, 0.6) is 5.75 Å². The number of carbonyl (C=O) groups excluding carboxylic acids is 1. The Labute approximate surface area is 108 Å². The Morgan fingerprint density at radius 2 is 2.06 bits per heavy atom. The lowest BCUT2D eigenvalue weighted by Crippen LogP contribution is -2.27. The fourth-order valence-corrected chi connectivity index (χ4v) is 1.46. The molecule has 18 heavy (non-hydrogen) atoms. The van der Waals surface area contributed by atoms with Crippen molar-refractivity contribution in [3.8, 4) is 5.75 Å². The third kappa shape index (κ3) is 4.83. The predicted molar refractivity (Wildman–Crippen MR) is 69.3 cm³/mol. The maximum absolute atomic E-state index is 11.7. The van der Waals surface area contributed by atoms with Gasteiger partial charge in [-0.25, -0.2) is 0 Å². The molecule has 102 valence electrons. The van der Waals surface area contributed by atoms with Crippen molar-refractivity contribution in [3.05, 3.63) is 29.8 Å². The highest BCUT2D eigenvalue weighted by Gasteiger charge is 2.18. The van der Waals surface area contributed by atoms with Gasteiger partial charge in [-0.05, 0) is 17.7 Å². The third-order valence-electron chi connectivity index (χ3n) is 2.33. The van der Waals surface area contributed by atoms with Crippen molar-refractivity contribution in [2.45, 2.75) is 19.4 Å². The largest absolute Gasteiger partial charge is 0.497 e. The van der Waals surface area contributed by atoms with Crippen molar-refractivity contribution in [3.63, 3.8) is 0 Å². The quantitative estimate of drug-likeness (QED) is 0.753. The number of benzene rings is 1. The van der Waals surface area contributed by atoms with Crippen molar-refractivity contribution in [1.82, 2.24) is 5.48 Å². The van der Waals surface area contributed by atoms with E-state index in [-0.39, 0.29) is 5.78 Å². The topological polar surface area (TPSA) is 67.8 Å². The molecule has 1 unspecified atom stereocenters. The number of methoxy groups -OCH3 is 1. The minimum absolute atomic E-state index is 0.0788. The van der Waals surface area contributed by atoms with Crippen LogP contribution in [0.3, 0.4) is 0 Å². The van der Waals surface area contributed by atoms with E-state index in [0.717, 1.165) is 18.4 Å². The first-order valence-electron chi connectivity index (χ1n) is 5.62. The summed E-state index contributed by atoms with van der Waals surface area (Å²) >= 11 is 0. The number of rotatable bonds is 6. The van der Waals surface area contributed by atoms with Crippen molar-refractivity contribution >= 4 is 5.78 Å². The Kier molecular flexibility index (Phi) is 8.82. The van der Waals surface area contributed by atoms with Crippen molar-refractivity contribution in [2.75, 3.05) is 21.3 Å². The molecular weight excluding hydrogens is 234 g/mol. The molecule has 1 rings (SSSR count). The van der Waals surface area contributed by atoms with E-state index in [1.807, 2.05) is 31.2 Å². The number of nitrogens with one attached hydrogen (secondary N) is 1. The number of hydroxylamine groups is 1. The molecule has 0 aliphatic carbocycles. The lowest BCUT2D eigenvalue weighted by atomic mass is 10.0. The van der Waals surface area contributed by atoms with Crippen LogP contribution in [0.15, 0.2) is 24.3 Å². The molecule has 1 aromatic carbocycles. The van der Waals surface area contributed by atoms with Gasteiger partial charge in [0, 0.05) is 13.5 Å². The summed E-state index contributed by atoms with van der Waals surface area (Å²) in [7, 11) is 4.09. The van der Waals surface area contributed by atoms with Crippen LogP contribution in [0.25, 0.3) is 0 Å². The molecule has 0 fully saturated rings. The van der Waals surface area contributed by atoms with Gasteiger partial charge < -0.3 is 14.7 Å². The molecule has 0 bridgehead atoms. The molecule has 0 saturated carbocycles. The van der Waals surface area contributed by atoms with E-state index < -0.39 is 6.04 Å². The summed E-state index contributed by atoms with van der Waals surface area (Å²) in [6.07, 6.45) is 0.457. The van der Waals surface area contributed by atoms with Gasteiger partial charge in [0.2, 0.25) is 0 Å². The number of carbonyl (C=O) groups is 1. The Hall–Kier alpha value is -1.43. The van der Waals surface area contributed by atoms with Crippen LogP contribution in [0, 0.1) is 0 Å². The number of Topliss-reactive ketones (excluding diaryl/α,β-unsaturated/α-hetero) is 1. The maximum atomic E-state index is 11.7. The molecule has 0 amide bonds. The Morgan fingerprint density at radius 3 is 2.56 bits per heavy atom. The Balaban J connectivity index is 0.00000137. The van der Waals surface area contributed by atoms with Crippen LogP contribution in [-0.4, -0.2) is 32.2 Å². The summed E-state index contributed by atoms with van der Waals surface area (Å²) in [5.74, 6) is 0.805. The smallest absolute Gasteiger partial charge is 0.156 e. The summed E-state index contributed by atoms with van der Waals surface area (Å²) in [6, 6.07) is 6.94. The lowest BCUT2D eigenvalue weighted by molar-refractivity contribution is -0.124. The van der Waals surface area contributed by atoms with Gasteiger partial charge in [0.1, 0.15) is 11.8 Å². The number of ether oxygens (including phenoxy) is 1. The second-order valence-corrected chi connectivity index (χ2v) is 3.35. The van der Waals surface area contributed by atoms with Crippen molar-refractivity contribution < 1.29 is 19.5 Å². The van der Waals surface area contributed by atoms with E-state index in [0.29, 0.717) is 6.42 Å². The number of aliphatic hydroxyl groups is 1. The van der Waals surface area contributed by atoms with Gasteiger partial charge in [-0.1, -0.05) is 19.1 Å². The molecule has 0 heterocycles. The molecule has 1 atom stereocenters. The second kappa shape index (κ2) is 9.58. The maximum Gasteiger partial charge on any atom is 0.156 e. The van der Waals surface area contributed by atoms with Crippen LogP contribution in [0.1, 0.15) is 24.9 Å². The van der Waals surface area contributed by atoms with Crippen LogP contribution < -0.4 is 10.2 Å². The summed E-state index contributed by atoms with van der Waals surface area (Å²) in [6.45, 7) is 1.83. The van der Waals surface area contributed by atoms with E-state index in [1.54, 1.807) is 7.11 Å². The van der Waals surface area contributed by atoms with Gasteiger partial charge in [-0.3, -0.25) is 4.79 Å². The first-order chi connectivity index (χ1) is 8.72. The minimum atomic E-state index is -0.440. The number of hydrogen-bond donors (Lipinski definition) is 2. The zero-order chi connectivity index (χ0) is 14.0. The molecule has 0 aromatic heterocycles. The van der Waals surface area contributed by atoms with Crippen molar-refractivity contribution in [2.24, 2.45) is 0 Å². The van der Waals surface area contributed by atoms with Gasteiger partial charge >= 0.3 is 0 Å². The fourth-order valence-electron chi connectivity index (χ4n) is 1.46. The minimum Gasteiger partial charge on any atom is -0.497 e. The van der Waals surface area contributed by atoms with E-state index in [1.165, 1.54) is 7.11 Å². The van der Waals surface area contributed by atoms with Gasteiger partial charge in [0.05, 0.1) is 14.2 Å². The summed E-state index contributed by atoms with van der Waals surface area (Å²) in [5, 5.41) is 7.00. The average molecular weight is 255 g/mol. The van der Waals surface area contributed by atoms with E-state index in [4.69, 9.17) is 14.7 Å². The molecule has 0 radical (unpaired) electrons. The SMILES string of the molecule is CCC(=O)C(NOC)c1cccc(OC)c1.CO. The normalized spacial score (nSPS) is 11.2. The van der Waals surface area contributed by atoms with Crippen molar-refractivity contribution in [1.29, 1.82) is 0 Å². The lowest BCUT2D eigenvalue weighted by Gasteiger charge is -2.16. The van der Waals surface area contributed by atoms with Crippen LogP contribution >= 0.6 is 0 Å². The predicted octanol–water partition coefficient (Wildman–Crippen LogP) is 1.47. The Bertz CT molecular complexity index is 355. The molecule has 0 spiro atoms. The molecule has 1 aromatic rings. The van der Waals surface area contributed by atoms with Crippen LogP contribution in [0.4, 0.5) is 0 Å². The molecule has 0 aliphatic heterocycles. The molecule has 5 heteroatoms. The average Bonchev–Trinajstić information content (AvgIpc) is 2.46. The first kappa shape index (κ1) is 16.6. The van der Waals surface area contributed by atoms with Gasteiger partial charge in [-0.15, -0.1) is 0 Å². The monoisotopic (exact) mass is 255 g/mol. The molecular formula is C13H21NO4. The van der Waals surface area contributed by atoms with Gasteiger partial charge in [0.15, 0.2) is 5.78 Å². The number of aliphatic hydroxyl groups excluding tert-OH is 1. The summed E-state index contributed by atoms with van der Waals surface area (Å²) < 4.78 is 5.12. The van der Waals surface area contributed by atoms with Gasteiger partial charge in [0.25, 0.3) is 0 Å². The molecule has 2 N–H and O–H groups in total. The summed E-state index contributed by atoms with van der Waals surface area (Å²) in [5.41, 5.74) is 3.54. The van der Waals surface area contributed by atoms with E-state index in [2.05, 4.69) is 5.48 Å². The second-order valence-electron chi connectivity index (χ2n) is 3.35. The highest BCUT2D eigenvalue weighted by molar-refractivity contribution is 5.85.